The molecule has 2 heterocycles. The summed E-state index contributed by atoms with van der Waals surface area (Å²) in [4.78, 5) is 20.1. The first-order chi connectivity index (χ1) is 11.6. The summed E-state index contributed by atoms with van der Waals surface area (Å²) in [5.41, 5.74) is 2.71. The van der Waals surface area contributed by atoms with Crippen LogP contribution in [0.15, 0.2) is 0 Å². The van der Waals surface area contributed by atoms with Crippen LogP contribution in [-0.2, 0) is 11.8 Å². The lowest BCUT2D eigenvalue weighted by atomic mass is 10.2. The van der Waals surface area contributed by atoms with Crippen LogP contribution in [0.25, 0.3) is 0 Å². The van der Waals surface area contributed by atoms with Crippen molar-refractivity contribution in [1.29, 1.82) is 0 Å². The zero-order valence-corrected chi connectivity index (χ0v) is 17.2. The maximum Gasteiger partial charge on any atom is 0.260 e. The first-order valence-electron chi connectivity index (χ1n) is 8.49. The van der Waals surface area contributed by atoms with Crippen LogP contribution >= 0.6 is 11.3 Å². The first-order valence-corrected chi connectivity index (χ1v) is 9.31. The van der Waals surface area contributed by atoms with Crippen LogP contribution in [0.1, 0.15) is 59.7 Å². The number of carbonyl (C=O) groups is 1. The van der Waals surface area contributed by atoms with Crippen molar-refractivity contribution in [3.8, 4) is 5.75 Å². The number of amides is 1. The van der Waals surface area contributed by atoms with E-state index < -0.39 is 0 Å². The summed E-state index contributed by atoms with van der Waals surface area (Å²) >= 11 is 1.68. The van der Waals surface area contributed by atoms with Crippen LogP contribution in [0.3, 0.4) is 0 Å². The number of hydrogen-bond donors (Lipinski definition) is 0. The van der Waals surface area contributed by atoms with Crippen LogP contribution in [0.5, 0.6) is 5.75 Å². The highest BCUT2D eigenvalue weighted by Crippen LogP contribution is 2.32. The number of hydrogen-bond acceptors (Lipinski definition) is 5. The Labute approximate surface area is 153 Å². The van der Waals surface area contributed by atoms with Crippen molar-refractivity contribution in [3.63, 3.8) is 0 Å². The van der Waals surface area contributed by atoms with Crippen molar-refractivity contribution in [1.82, 2.24) is 19.7 Å². The van der Waals surface area contributed by atoms with Crippen LogP contribution < -0.4 is 4.74 Å². The Bertz CT molecular complexity index is 763. The summed E-state index contributed by atoms with van der Waals surface area (Å²) < 4.78 is 7.50. The maximum atomic E-state index is 12.6. The SMILES string of the molecule is Cc1nc(C(C)C)sc1C(C)N(C)C(=O)COc1c(C)nn(C)c1C. The third-order valence-corrected chi connectivity index (χ3v) is 6.11. The van der Waals surface area contributed by atoms with E-state index in [1.54, 1.807) is 20.9 Å². The van der Waals surface area contributed by atoms with Crippen LogP contribution in [0.2, 0.25) is 0 Å². The molecule has 0 aliphatic rings. The zero-order valence-electron chi connectivity index (χ0n) is 16.4. The maximum absolute atomic E-state index is 12.6. The topological polar surface area (TPSA) is 60.3 Å². The predicted octanol–water partition coefficient (Wildman–Crippen LogP) is 3.52. The molecule has 6 nitrogen and oxygen atoms in total. The molecule has 0 aliphatic carbocycles. The summed E-state index contributed by atoms with van der Waals surface area (Å²) in [5, 5.41) is 5.42. The summed E-state index contributed by atoms with van der Waals surface area (Å²) in [5.74, 6) is 1.02. The Morgan fingerprint density at radius 3 is 2.36 bits per heavy atom. The number of ether oxygens (including phenoxy) is 1. The summed E-state index contributed by atoms with van der Waals surface area (Å²) in [7, 11) is 3.68. The van der Waals surface area contributed by atoms with Crippen molar-refractivity contribution in [3.05, 3.63) is 27.0 Å². The van der Waals surface area contributed by atoms with Crippen molar-refractivity contribution in [2.75, 3.05) is 13.7 Å². The zero-order chi connectivity index (χ0) is 18.9. The van der Waals surface area contributed by atoms with Gasteiger partial charge in [0.05, 0.1) is 22.4 Å². The highest BCUT2D eigenvalue weighted by molar-refractivity contribution is 7.11. The molecular weight excluding hydrogens is 336 g/mol. The van der Waals surface area contributed by atoms with E-state index in [1.807, 2.05) is 41.8 Å². The van der Waals surface area contributed by atoms with Crippen LogP contribution in [0, 0.1) is 20.8 Å². The molecule has 2 aromatic heterocycles. The third-order valence-electron chi connectivity index (χ3n) is 4.48. The van der Waals surface area contributed by atoms with Gasteiger partial charge in [-0.1, -0.05) is 13.8 Å². The molecule has 7 heteroatoms. The number of aryl methyl sites for hydroxylation is 3. The molecule has 2 aromatic rings. The highest BCUT2D eigenvalue weighted by Gasteiger charge is 2.23. The Morgan fingerprint density at radius 2 is 1.88 bits per heavy atom. The molecule has 138 valence electrons. The second-order valence-corrected chi connectivity index (χ2v) is 7.81. The highest BCUT2D eigenvalue weighted by atomic mass is 32.1. The summed E-state index contributed by atoms with van der Waals surface area (Å²) in [6.07, 6.45) is 0. The molecule has 0 bridgehead atoms. The van der Waals surface area contributed by atoms with Gasteiger partial charge in [-0.2, -0.15) is 5.10 Å². The molecule has 1 unspecified atom stereocenters. The molecule has 0 aromatic carbocycles. The second-order valence-electron chi connectivity index (χ2n) is 6.75. The van der Waals surface area contributed by atoms with E-state index in [-0.39, 0.29) is 18.6 Å². The minimum Gasteiger partial charge on any atom is -0.480 e. The number of likely N-dealkylation sites (N-methyl/N-ethyl adjacent to an activating group) is 1. The Balaban J connectivity index is 2.06. The molecule has 1 amide bonds. The monoisotopic (exact) mass is 364 g/mol. The van der Waals surface area contributed by atoms with E-state index in [2.05, 4.69) is 23.9 Å². The van der Waals surface area contributed by atoms with Gasteiger partial charge in [-0.15, -0.1) is 11.3 Å². The smallest absolute Gasteiger partial charge is 0.260 e. The lowest BCUT2D eigenvalue weighted by Gasteiger charge is -2.24. The van der Waals surface area contributed by atoms with Gasteiger partial charge in [-0.3, -0.25) is 9.48 Å². The van der Waals surface area contributed by atoms with Crippen molar-refractivity contribution in [2.24, 2.45) is 7.05 Å². The van der Waals surface area contributed by atoms with Gasteiger partial charge in [0.1, 0.15) is 5.69 Å². The number of aromatic nitrogens is 3. The number of thiazole rings is 1. The van der Waals surface area contributed by atoms with E-state index in [9.17, 15) is 4.79 Å². The molecule has 0 aliphatic heterocycles. The quantitative estimate of drug-likeness (QED) is 0.787. The Morgan fingerprint density at radius 1 is 1.24 bits per heavy atom. The molecule has 0 spiro atoms. The average molecular weight is 365 g/mol. The van der Waals surface area contributed by atoms with E-state index in [4.69, 9.17) is 4.74 Å². The van der Waals surface area contributed by atoms with E-state index in [0.29, 0.717) is 11.7 Å². The van der Waals surface area contributed by atoms with Crippen molar-refractivity contribution >= 4 is 17.2 Å². The van der Waals surface area contributed by atoms with Crippen LogP contribution in [0.4, 0.5) is 0 Å². The number of rotatable bonds is 6. The van der Waals surface area contributed by atoms with Gasteiger partial charge in [-0.05, 0) is 27.7 Å². The molecule has 0 N–H and O–H groups in total. The minimum atomic E-state index is -0.0611. The van der Waals surface area contributed by atoms with E-state index >= 15 is 0 Å². The van der Waals surface area contributed by atoms with Crippen molar-refractivity contribution in [2.45, 2.75) is 53.5 Å². The summed E-state index contributed by atoms with van der Waals surface area (Å²) in [6.45, 7) is 12.1. The van der Waals surface area contributed by atoms with Gasteiger partial charge in [-0.25, -0.2) is 4.98 Å². The molecular formula is C18H28N4O2S. The number of nitrogens with zero attached hydrogens (tertiary/aromatic N) is 4. The molecule has 2 rings (SSSR count). The van der Waals surface area contributed by atoms with E-state index in [1.165, 1.54) is 0 Å². The molecule has 0 fully saturated rings. The fraction of sp³-hybridized carbons (Fsp3) is 0.611. The van der Waals surface area contributed by atoms with Crippen LogP contribution in [-0.4, -0.2) is 39.2 Å². The molecule has 0 saturated heterocycles. The molecule has 0 radical (unpaired) electrons. The average Bonchev–Trinajstić information content (AvgIpc) is 3.05. The standard InChI is InChI=1S/C18H28N4O2S/c1-10(2)18-19-12(4)17(25-18)14(6)21(7)15(23)9-24-16-11(3)20-22(8)13(16)5/h10,14H,9H2,1-8H3. The third kappa shape index (κ3) is 4.03. The second kappa shape index (κ2) is 7.56. The van der Waals surface area contributed by atoms with Gasteiger partial charge in [0.15, 0.2) is 12.4 Å². The molecule has 0 saturated carbocycles. The molecule has 25 heavy (non-hydrogen) atoms. The number of carbonyl (C=O) groups excluding carboxylic acids is 1. The Kier molecular flexibility index (Phi) is 5.87. The van der Waals surface area contributed by atoms with Gasteiger partial charge >= 0.3 is 0 Å². The fourth-order valence-corrected chi connectivity index (χ4v) is 3.82. The largest absolute Gasteiger partial charge is 0.480 e. The Hall–Kier alpha value is -1.89. The lowest BCUT2D eigenvalue weighted by Crippen LogP contribution is -2.33. The van der Waals surface area contributed by atoms with Crippen molar-refractivity contribution < 1.29 is 9.53 Å². The van der Waals surface area contributed by atoms with Gasteiger partial charge < -0.3 is 9.64 Å². The van der Waals surface area contributed by atoms with Gasteiger partial charge in [0.2, 0.25) is 0 Å². The van der Waals surface area contributed by atoms with Gasteiger partial charge in [0.25, 0.3) is 5.91 Å². The summed E-state index contributed by atoms with van der Waals surface area (Å²) in [6, 6.07) is -0.0304. The molecule has 1 atom stereocenters. The normalized spacial score (nSPS) is 12.5. The first kappa shape index (κ1) is 19.4. The lowest BCUT2D eigenvalue weighted by molar-refractivity contribution is -0.133. The fourth-order valence-electron chi connectivity index (χ4n) is 2.65. The van der Waals surface area contributed by atoms with Gasteiger partial charge in [0, 0.05) is 24.9 Å². The minimum absolute atomic E-state index is 0.00308. The predicted molar refractivity (Wildman–Crippen MR) is 100 cm³/mol. The van der Waals surface area contributed by atoms with E-state index in [0.717, 1.165) is 27.0 Å².